The number of aryl methyl sites for hydroxylation is 3. The molecule has 3 aromatic rings. The molecule has 0 saturated heterocycles. The van der Waals surface area contributed by atoms with Crippen LogP contribution in [0.25, 0.3) is 16.2 Å². The van der Waals surface area contributed by atoms with Crippen LogP contribution in [-0.4, -0.2) is 9.38 Å². The Morgan fingerprint density at radius 2 is 1.90 bits per heavy atom. The fraction of sp³-hybridized carbons (Fsp3) is 0.312. The molecule has 0 amide bonds. The molecule has 0 radical (unpaired) electrons. The lowest BCUT2D eigenvalue weighted by Gasteiger charge is -2.11. The largest absolute Gasteiger partial charge is 0.291 e. The van der Waals surface area contributed by atoms with Gasteiger partial charge in [-0.15, -0.1) is 11.3 Å². The first-order valence-electron chi connectivity index (χ1n) is 6.99. The van der Waals surface area contributed by atoms with Crippen LogP contribution in [0, 0.1) is 12.7 Å². The van der Waals surface area contributed by atoms with Gasteiger partial charge in [-0.05, 0) is 56.9 Å². The van der Waals surface area contributed by atoms with Crippen molar-refractivity contribution < 1.29 is 4.39 Å². The SMILES string of the molecule is Cc1c(-c2ccc(F)cc2)nc2sc3c(n12)CCCC3. The maximum atomic E-state index is 13.0. The Hall–Kier alpha value is -1.68. The Kier molecular flexibility index (Phi) is 2.67. The normalized spacial score (nSPS) is 14.7. The first-order chi connectivity index (χ1) is 9.74. The van der Waals surface area contributed by atoms with Gasteiger partial charge in [0.2, 0.25) is 0 Å². The number of nitrogens with zero attached hydrogens (tertiary/aromatic N) is 2. The third-order valence-electron chi connectivity index (χ3n) is 4.07. The summed E-state index contributed by atoms with van der Waals surface area (Å²) in [4.78, 5) is 7.35. The molecule has 0 aliphatic heterocycles. The van der Waals surface area contributed by atoms with Crippen molar-refractivity contribution in [3.8, 4) is 11.3 Å². The highest BCUT2D eigenvalue weighted by Gasteiger charge is 2.21. The zero-order valence-corrected chi connectivity index (χ0v) is 12.1. The standard InChI is InChI=1S/C16H15FN2S/c1-10-15(11-6-8-12(17)9-7-11)18-16-19(10)13-4-2-3-5-14(13)20-16/h6-9H,2-5H2,1H3. The highest BCUT2D eigenvalue weighted by molar-refractivity contribution is 7.17. The van der Waals surface area contributed by atoms with Gasteiger partial charge in [0.1, 0.15) is 5.82 Å². The van der Waals surface area contributed by atoms with Crippen LogP contribution in [0.2, 0.25) is 0 Å². The van der Waals surface area contributed by atoms with Crippen LogP contribution in [0.5, 0.6) is 0 Å². The molecule has 0 spiro atoms. The number of rotatable bonds is 1. The molecule has 0 saturated carbocycles. The van der Waals surface area contributed by atoms with Crippen LogP contribution in [-0.2, 0) is 12.8 Å². The number of benzene rings is 1. The predicted octanol–water partition coefficient (Wildman–Crippen LogP) is 4.39. The summed E-state index contributed by atoms with van der Waals surface area (Å²) in [5.74, 6) is -0.204. The first kappa shape index (κ1) is 12.1. The van der Waals surface area contributed by atoms with Crippen LogP contribution >= 0.6 is 11.3 Å². The van der Waals surface area contributed by atoms with Crippen molar-refractivity contribution in [2.24, 2.45) is 0 Å². The minimum atomic E-state index is -0.204. The van der Waals surface area contributed by atoms with Crippen molar-refractivity contribution in [2.45, 2.75) is 32.6 Å². The summed E-state index contributed by atoms with van der Waals surface area (Å²) in [6.45, 7) is 2.11. The number of aromatic nitrogens is 2. The van der Waals surface area contributed by atoms with E-state index in [1.807, 2.05) is 11.3 Å². The molecule has 0 atom stereocenters. The van der Waals surface area contributed by atoms with Crippen LogP contribution in [0.4, 0.5) is 4.39 Å². The van der Waals surface area contributed by atoms with Crippen LogP contribution in [0.3, 0.4) is 0 Å². The first-order valence-corrected chi connectivity index (χ1v) is 7.81. The van der Waals surface area contributed by atoms with Gasteiger partial charge in [0.25, 0.3) is 0 Å². The van der Waals surface area contributed by atoms with Crippen molar-refractivity contribution in [1.82, 2.24) is 9.38 Å². The van der Waals surface area contributed by atoms with Crippen molar-refractivity contribution in [1.29, 1.82) is 0 Å². The van der Waals surface area contributed by atoms with Gasteiger partial charge in [-0.3, -0.25) is 4.40 Å². The van der Waals surface area contributed by atoms with Crippen molar-refractivity contribution in [3.05, 3.63) is 46.3 Å². The molecule has 2 heterocycles. The molecule has 102 valence electrons. The van der Waals surface area contributed by atoms with E-state index in [-0.39, 0.29) is 5.82 Å². The minimum absolute atomic E-state index is 0.204. The number of fused-ring (bicyclic) bond motifs is 3. The molecule has 0 unspecified atom stereocenters. The van der Waals surface area contributed by atoms with Crippen molar-refractivity contribution in [3.63, 3.8) is 0 Å². The van der Waals surface area contributed by atoms with E-state index in [1.165, 1.54) is 47.7 Å². The molecule has 1 aliphatic carbocycles. The second-order valence-corrected chi connectivity index (χ2v) is 6.41. The molecular weight excluding hydrogens is 271 g/mol. The van der Waals surface area contributed by atoms with Gasteiger partial charge >= 0.3 is 0 Å². The summed E-state index contributed by atoms with van der Waals surface area (Å²) in [7, 11) is 0. The summed E-state index contributed by atoms with van der Waals surface area (Å²) >= 11 is 1.81. The van der Waals surface area contributed by atoms with E-state index in [1.54, 1.807) is 12.1 Å². The number of thiazole rings is 1. The smallest absolute Gasteiger partial charge is 0.194 e. The summed E-state index contributed by atoms with van der Waals surface area (Å²) in [6.07, 6.45) is 4.90. The molecule has 0 fully saturated rings. The monoisotopic (exact) mass is 286 g/mol. The zero-order chi connectivity index (χ0) is 13.7. The summed E-state index contributed by atoms with van der Waals surface area (Å²) in [5, 5.41) is 0. The summed E-state index contributed by atoms with van der Waals surface area (Å²) < 4.78 is 15.4. The molecule has 4 heteroatoms. The Balaban J connectivity index is 1.91. The van der Waals surface area contributed by atoms with E-state index in [4.69, 9.17) is 4.98 Å². The third-order valence-corrected chi connectivity index (χ3v) is 5.21. The van der Waals surface area contributed by atoms with E-state index < -0.39 is 0 Å². The number of imidazole rings is 1. The average molecular weight is 286 g/mol. The van der Waals surface area contributed by atoms with Gasteiger partial charge < -0.3 is 0 Å². The molecule has 2 aromatic heterocycles. The van der Waals surface area contributed by atoms with Crippen LogP contribution in [0.1, 0.15) is 29.1 Å². The lowest BCUT2D eigenvalue weighted by atomic mass is 10.0. The molecule has 1 aromatic carbocycles. The highest BCUT2D eigenvalue weighted by atomic mass is 32.1. The van der Waals surface area contributed by atoms with E-state index >= 15 is 0 Å². The fourth-order valence-electron chi connectivity index (χ4n) is 3.06. The van der Waals surface area contributed by atoms with Crippen molar-refractivity contribution >= 4 is 16.3 Å². The van der Waals surface area contributed by atoms with Gasteiger partial charge in [0.05, 0.1) is 5.69 Å². The molecular formula is C16H15FN2S. The average Bonchev–Trinajstić information content (AvgIpc) is 2.97. The van der Waals surface area contributed by atoms with E-state index in [2.05, 4.69) is 11.3 Å². The highest BCUT2D eigenvalue weighted by Crippen LogP contribution is 2.34. The van der Waals surface area contributed by atoms with E-state index in [0.29, 0.717) is 0 Å². The summed E-state index contributed by atoms with van der Waals surface area (Å²) in [6, 6.07) is 6.61. The van der Waals surface area contributed by atoms with Gasteiger partial charge in [-0.2, -0.15) is 0 Å². The molecule has 20 heavy (non-hydrogen) atoms. The lowest BCUT2D eigenvalue weighted by Crippen LogP contribution is -2.03. The summed E-state index contributed by atoms with van der Waals surface area (Å²) in [5.41, 5.74) is 4.58. The Morgan fingerprint density at radius 3 is 2.70 bits per heavy atom. The number of halogens is 1. The Morgan fingerprint density at radius 1 is 1.15 bits per heavy atom. The molecule has 1 aliphatic rings. The Bertz CT molecular complexity index is 783. The third kappa shape index (κ3) is 1.71. The lowest BCUT2D eigenvalue weighted by molar-refractivity contribution is 0.628. The molecule has 0 N–H and O–H groups in total. The van der Waals surface area contributed by atoms with Gasteiger partial charge in [0.15, 0.2) is 4.96 Å². The molecule has 0 bridgehead atoms. The van der Waals surface area contributed by atoms with E-state index in [0.717, 1.165) is 22.6 Å². The zero-order valence-electron chi connectivity index (χ0n) is 11.3. The van der Waals surface area contributed by atoms with Gasteiger partial charge in [0, 0.05) is 21.8 Å². The Labute approximate surface area is 120 Å². The molecule has 2 nitrogen and oxygen atoms in total. The number of hydrogen-bond donors (Lipinski definition) is 0. The quantitative estimate of drug-likeness (QED) is 0.648. The second-order valence-electron chi connectivity index (χ2n) is 5.35. The maximum absolute atomic E-state index is 13.0. The maximum Gasteiger partial charge on any atom is 0.194 e. The second kappa shape index (κ2) is 4.42. The van der Waals surface area contributed by atoms with Gasteiger partial charge in [-0.1, -0.05) is 0 Å². The van der Waals surface area contributed by atoms with Crippen LogP contribution < -0.4 is 0 Å². The number of hydrogen-bond acceptors (Lipinski definition) is 2. The van der Waals surface area contributed by atoms with E-state index in [9.17, 15) is 4.39 Å². The minimum Gasteiger partial charge on any atom is -0.291 e. The molecule has 4 rings (SSSR count). The topological polar surface area (TPSA) is 17.3 Å². The van der Waals surface area contributed by atoms with Gasteiger partial charge in [-0.25, -0.2) is 9.37 Å². The van der Waals surface area contributed by atoms with Crippen molar-refractivity contribution in [2.75, 3.05) is 0 Å². The fourth-order valence-corrected chi connectivity index (χ4v) is 4.32. The predicted molar refractivity (Wildman–Crippen MR) is 79.8 cm³/mol. The van der Waals surface area contributed by atoms with Crippen LogP contribution in [0.15, 0.2) is 24.3 Å².